The summed E-state index contributed by atoms with van der Waals surface area (Å²) in [5.41, 5.74) is 3.19. The number of hydrogen-bond acceptors (Lipinski definition) is 2. The van der Waals surface area contributed by atoms with Crippen LogP contribution in [0.3, 0.4) is 0 Å². The zero-order valence-electron chi connectivity index (χ0n) is 9.55. The van der Waals surface area contributed by atoms with E-state index >= 15 is 0 Å². The molecule has 1 heterocycles. The van der Waals surface area contributed by atoms with E-state index in [4.69, 9.17) is 0 Å². The fraction of sp³-hybridized carbons (Fsp3) is 0.538. The fourth-order valence-electron chi connectivity index (χ4n) is 2.25. The monoisotopic (exact) mass is 221 g/mol. The Morgan fingerprint density at radius 1 is 1.47 bits per heavy atom. The molecular weight excluding hydrogens is 202 g/mol. The average molecular weight is 221 g/mol. The van der Waals surface area contributed by atoms with E-state index in [1.54, 1.807) is 11.1 Å². The number of thioether (sulfide) groups is 1. The SMILES string of the molecule is CNCCCc1cccc2c1C(C)CS2. The summed E-state index contributed by atoms with van der Waals surface area (Å²) in [6, 6.07) is 6.78. The second-order valence-electron chi connectivity index (χ2n) is 4.25. The molecule has 15 heavy (non-hydrogen) atoms. The molecule has 0 aromatic heterocycles. The molecule has 0 saturated heterocycles. The van der Waals surface area contributed by atoms with E-state index in [-0.39, 0.29) is 0 Å². The Kier molecular flexibility index (Phi) is 3.71. The standard InChI is InChI=1S/C13H19NS/c1-10-9-15-12-7-3-5-11(13(10)12)6-4-8-14-2/h3,5,7,10,14H,4,6,8-9H2,1-2H3. The quantitative estimate of drug-likeness (QED) is 0.784. The predicted molar refractivity (Wildman–Crippen MR) is 67.8 cm³/mol. The van der Waals surface area contributed by atoms with E-state index in [9.17, 15) is 0 Å². The topological polar surface area (TPSA) is 12.0 Å². The highest BCUT2D eigenvalue weighted by Crippen LogP contribution is 2.41. The summed E-state index contributed by atoms with van der Waals surface area (Å²) in [7, 11) is 2.02. The predicted octanol–water partition coefficient (Wildman–Crippen LogP) is 3.05. The minimum Gasteiger partial charge on any atom is -0.320 e. The first-order valence-electron chi connectivity index (χ1n) is 5.72. The highest BCUT2D eigenvalue weighted by atomic mass is 32.2. The van der Waals surface area contributed by atoms with Crippen LogP contribution in [0, 0.1) is 0 Å². The number of hydrogen-bond donors (Lipinski definition) is 1. The fourth-order valence-corrected chi connectivity index (χ4v) is 3.51. The molecule has 82 valence electrons. The summed E-state index contributed by atoms with van der Waals surface area (Å²) in [5, 5.41) is 3.21. The maximum absolute atomic E-state index is 3.21. The molecule has 0 fully saturated rings. The van der Waals surface area contributed by atoms with E-state index in [1.165, 1.54) is 23.5 Å². The van der Waals surface area contributed by atoms with Crippen molar-refractivity contribution in [3.8, 4) is 0 Å². The van der Waals surface area contributed by atoms with Gasteiger partial charge in [-0.1, -0.05) is 19.1 Å². The van der Waals surface area contributed by atoms with Crippen LogP contribution in [-0.4, -0.2) is 19.3 Å². The molecule has 1 unspecified atom stereocenters. The van der Waals surface area contributed by atoms with Gasteiger partial charge in [0.15, 0.2) is 0 Å². The molecule has 0 radical (unpaired) electrons. The summed E-state index contributed by atoms with van der Waals surface area (Å²) < 4.78 is 0. The smallest absolute Gasteiger partial charge is 0.0110 e. The first-order chi connectivity index (χ1) is 7.33. The Morgan fingerprint density at radius 3 is 3.13 bits per heavy atom. The molecule has 1 aliphatic rings. The molecule has 1 N–H and O–H groups in total. The maximum Gasteiger partial charge on any atom is 0.0110 e. The van der Waals surface area contributed by atoms with Gasteiger partial charge in [0.25, 0.3) is 0 Å². The number of benzene rings is 1. The van der Waals surface area contributed by atoms with Gasteiger partial charge in [-0.3, -0.25) is 0 Å². The molecule has 0 amide bonds. The summed E-state index contributed by atoms with van der Waals surface area (Å²) in [4.78, 5) is 1.52. The average Bonchev–Trinajstić information content (AvgIpc) is 2.62. The van der Waals surface area contributed by atoms with E-state index in [0.29, 0.717) is 0 Å². The van der Waals surface area contributed by atoms with E-state index in [2.05, 4.69) is 30.4 Å². The third-order valence-corrected chi connectivity index (χ3v) is 4.34. The molecular formula is C13H19NS. The Morgan fingerprint density at radius 2 is 2.33 bits per heavy atom. The van der Waals surface area contributed by atoms with Crippen LogP contribution in [-0.2, 0) is 6.42 Å². The highest BCUT2D eigenvalue weighted by Gasteiger charge is 2.21. The maximum atomic E-state index is 3.21. The summed E-state index contributed by atoms with van der Waals surface area (Å²) in [6.45, 7) is 3.46. The summed E-state index contributed by atoms with van der Waals surface area (Å²) in [5.74, 6) is 2.01. The zero-order valence-corrected chi connectivity index (χ0v) is 10.4. The Bertz CT molecular complexity index is 335. The van der Waals surface area contributed by atoms with E-state index in [0.717, 1.165) is 12.5 Å². The van der Waals surface area contributed by atoms with E-state index in [1.807, 2.05) is 18.8 Å². The molecule has 0 saturated carbocycles. The normalized spacial score (nSPS) is 19.2. The Balaban J connectivity index is 2.14. The van der Waals surface area contributed by atoms with Crippen molar-refractivity contribution in [2.45, 2.75) is 30.6 Å². The van der Waals surface area contributed by atoms with E-state index < -0.39 is 0 Å². The van der Waals surface area contributed by atoms with Gasteiger partial charge in [-0.15, -0.1) is 11.8 Å². The number of rotatable bonds is 4. The third-order valence-electron chi connectivity index (χ3n) is 3.01. The van der Waals surface area contributed by atoms with Crippen molar-refractivity contribution >= 4 is 11.8 Å². The van der Waals surface area contributed by atoms with Gasteiger partial charge in [0, 0.05) is 10.6 Å². The number of nitrogens with one attached hydrogen (secondary N) is 1. The van der Waals surface area contributed by atoms with Gasteiger partial charge < -0.3 is 5.32 Å². The van der Waals surface area contributed by atoms with Crippen LogP contribution < -0.4 is 5.32 Å². The van der Waals surface area contributed by atoms with Gasteiger partial charge in [0.2, 0.25) is 0 Å². The number of fused-ring (bicyclic) bond motifs is 1. The van der Waals surface area contributed by atoms with Gasteiger partial charge in [0.1, 0.15) is 0 Å². The molecule has 1 nitrogen and oxygen atoms in total. The van der Waals surface area contributed by atoms with Crippen LogP contribution in [0.25, 0.3) is 0 Å². The molecule has 1 atom stereocenters. The molecule has 2 rings (SSSR count). The highest BCUT2D eigenvalue weighted by molar-refractivity contribution is 7.99. The second-order valence-corrected chi connectivity index (χ2v) is 5.31. The second kappa shape index (κ2) is 5.04. The first kappa shape index (κ1) is 11.0. The van der Waals surface area contributed by atoms with Crippen molar-refractivity contribution in [2.24, 2.45) is 0 Å². The Hall–Kier alpha value is -0.470. The first-order valence-corrected chi connectivity index (χ1v) is 6.70. The lowest BCUT2D eigenvalue weighted by atomic mass is 9.94. The summed E-state index contributed by atoms with van der Waals surface area (Å²) >= 11 is 2.01. The van der Waals surface area contributed by atoms with Crippen molar-refractivity contribution in [3.63, 3.8) is 0 Å². The molecule has 2 heteroatoms. The molecule has 0 aliphatic carbocycles. The molecule has 1 aliphatic heterocycles. The van der Waals surface area contributed by atoms with Gasteiger partial charge in [-0.05, 0) is 49.5 Å². The number of aryl methyl sites for hydroxylation is 1. The molecule has 1 aromatic rings. The van der Waals surface area contributed by atoms with Crippen molar-refractivity contribution in [1.29, 1.82) is 0 Å². The third kappa shape index (κ3) is 2.37. The van der Waals surface area contributed by atoms with Gasteiger partial charge >= 0.3 is 0 Å². The molecule has 0 spiro atoms. The van der Waals surface area contributed by atoms with Crippen molar-refractivity contribution in [1.82, 2.24) is 5.32 Å². The van der Waals surface area contributed by atoms with Gasteiger partial charge in [-0.25, -0.2) is 0 Å². The molecule has 0 bridgehead atoms. The van der Waals surface area contributed by atoms with Crippen LogP contribution in [0.1, 0.15) is 30.4 Å². The Labute approximate surface area is 96.7 Å². The van der Waals surface area contributed by atoms with Crippen LogP contribution >= 0.6 is 11.8 Å². The lowest BCUT2D eigenvalue weighted by Crippen LogP contribution is -2.09. The van der Waals surface area contributed by atoms with Crippen LogP contribution in [0.4, 0.5) is 0 Å². The van der Waals surface area contributed by atoms with Crippen LogP contribution in [0.15, 0.2) is 23.1 Å². The lowest BCUT2D eigenvalue weighted by Gasteiger charge is -2.11. The summed E-state index contributed by atoms with van der Waals surface area (Å²) in [6.07, 6.45) is 2.46. The lowest BCUT2D eigenvalue weighted by molar-refractivity contribution is 0.714. The largest absolute Gasteiger partial charge is 0.320 e. The van der Waals surface area contributed by atoms with Crippen molar-refractivity contribution in [3.05, 3.63) is 29.3 Å². The van der Waals surface area contributed by atoms with Gasteiger partial charge in [-0.2, -0.15) is 0 Å². The minimum absolute atomic E-state index is 0.746. The van der Waals surface area contributed by atoms with Crippen LogP contribution in [0.5, 0.6) is 0 Å². The van der Waals surface area contributed by atoms with Crippen molar-refractivity contribution < 1.29 is 0 Å². The molecule has 1 aromatic carbocycles. The van der Waals surface area contributed by atoms with Gasteiger partial charge in [0.05, 0.1) is 0 Å². The minimum atomic E-state index is 0.746. The zero-order chi connectivity index (χ0) is 10.7. The van der Waals surface area contributed by atoms with Crippen LogP contribution in [0.2, 0.25) is 0 Å². The van der Waals surface area contributed by atoms with Crippen molar-refractivity contribution in [2.75, 3.05) is 19.3 Å².